The molecule has 3 aromatic rings. The van der Waals surface area contributed by atoms with Gasteiger partial charge in [-0.2, -0.15) is 13.2 Å². The molecule has 28 heavy (non-hydrogen) atoms. The van der Waals surface area contributed by atoms with Gasteiger partial charge in [0.2, 0.25) is 5.76 Å². The molecule has 4 rings (SSSR count). The molecular weight excluding hydrogens is 363 g/mol. The zero-order valence-corrected chi connectivity index (χ0v) is 15.6. The Kier molecular flexibility index (Phi) is 4.63. The number of halogens is 3. The molecule has 1 aliphatic heterocycles. The van der Waals surface area contributed by atoms with Gasteiger partial charge in [-0.1, -0.05) is 54.1 Å². The maximum Gasteiger partial charge on any atom is 0.449 e. The fraction of sp³-hybridized carbons (Fsp3) is 0.217. The summed E-state index contributed by atoms with van der Waals surface area (Å²) in [6, 6.07) is 17.9. The van der Waals surface area contributed by atoms with Crippen LogP contribution < -0.4 is 5.32 Å². The fourth-order valence-electron chi connectivity index (χ4n) is 3.28. The Balaban J connectivity index is 1.86. The van der Waals surface area contributed by atoms with Gasteiger partial charge in [-0.15, -0.1) is 0 Å². The lowest BCUT2D eigenvalue weighted by atomic mass is 9.95. The van der Waals surface area contributed by atoms with E-state index in [9.17, 15) is 13.2 Å². The molecule has 0 amide bonds. The van der Waals surface area contributed by atoms with Crippen molar-refractivity contribution in [3.05, 3.63) is 77.6 Å². The van der Waals surface area contributed by atoms with Gasteiger partial charge in [-0.05, 0) is 58.7 Å². The summed E-state index contributed by atoms with van der Waals surface area (Å²) in [6.45, 7) is 4.05. The van der Waals surface area contributed by atoms with Crippen molar-refractivity contribution in [1.29, 1.82) is 0 Å². The minimum atomic E-state index is -4.55. The molecule has 0 aromatic heterocycles. The van der Waals surface area contributed by atoms with Gasteiger partial charge in [0.25, 0.3) is 0 Å². The van der Waals surface area contributed by atoms with Gasteiger partial charge < -0.3 is 4.74 Å². The number of hydrogen-bond donors (Lipinski definition) is 1. The Morgan fingerprint density at radius 2 is 1.64 bits per heavy atom. The molecule has 3 aromatic carbocycles. The predicted molar refractivity (Wildman–Crippen MR) is 107 cm³/mol. The number of alkyl halides is 3. The quantitative estimate of drug-likeness (QED) is 0.252. The van der Waals surface area contributed by atoms with Crippen LogP contribution in [0.5, 0.6) is 0 Å². The number of ether oxygens (including phenoxy) is 1. The number of hydrogen-bond acceptors (Lipinski definition) is 2. The maximum absolute atomic E-state index is 13.5. The van der Waals surface area contributed by atoms with E-state index < -0.39 is 18.2 Å². The fourth-order valence-corrected chi connectivity index (χ4v) is 3.28. The van der Waals surface area contributed by atoms with Crippen molar-refractivity contribution in [2.75, 3.05) is 6.54 Å². The zero-order chi connectivity index (χ0) is 19.9. The second-order valence-electron chi connectivity index (χ2n) is 7.16. The molecular formula is C23H20F3NO. The molecule has 1 heterocycles. The smallest absolute Gasteiger partial charge is 0.449 e. The molecule has 0 bridgehead atoms. The third-order valence-electron chi connectivity index (χ3n) is 4.79. The predicted octanol–water partition coefficient (Wildman–Crippen LogP) is 6.18. The summed E-state index contributed by atoms with van der Waals surface area (Å²) in [5.74, 6) is -0.975. The number of benzene rings is 3. The zero-order valence-electron chi connectivity index (χ0n) is 15.6. The van der Waals surface area contributed by atoms with Crippen LogP contribution >= 0.6 is 0 Å². The average molecular weight is 383 g/mol. The van der Waals surface area contributed by atoms with Crippen LogP contribution in [-0.2, 0) is 4.74 Å². The number of nitrogens with one attached hydrogen (secondary N) is 1. The molecule has 1 fully saturated rings. The lowest BCUT2D eigenvalue weighted by Crippen LogP contribution is -2.17. The lowest BCUT2D eigenvalue weighted by Gasteiger charge is -2.15. The van der Waals surface area contributed by atoms with Gasteiger partial charge in [0.1, 0.15) is 0 Å². The van der Waals surface area contributed by atoms with Crippen LogP contribution in [0.3, 0.4) is 0 Å². The Labute approximate surface area is 161 Å². The average Bonchev–Trinajstić information content (AvgIpc) is 3.47. The Morgan fingerprint density at radius 3 is 2.29 bits per heavy atom. The summed E-state index contributed by atoms with van der Waals surface area (Å²) < 4.78 is 45.5. The molecule has 144 valence electrons. The monoisotopic (exact) mass is 383 g/mol. The molecule has 0 spiro atoms. The van der Waals surface area contributed by atoms with Crippen molar-refractivity contribution in [3.8, 4) is 0 Å². The van der Waals surface area contributed by atoms with Crippen molar-refractivity contribution in [3.63, 3.8) is 0 Å². The van der Waals surface area contributed by atoms with Crippen LogP contribution in [0.25, 0.3) is 27.1 Å². The van der Waals surface area contributed by atoms with Crippen molar-refractivity contribution in [2.45, 2.75) is 26.3 Å². The molecule has 1 N–H and O–H groups in total. The van der Waals surface area contributed by atoms with Crippen molar-refractivity contribution >= 4 is 27.1 Å². The van der Waals surface area contributed by atoms with Crippen LogP contribution in [0.2, 0.25) is 0 Å². The van der Waals surface area contributed by atoms with E-state index in [-0.39, 0.29) is 0 Å². The van der Waals surface area contributed by atoms with Crippen LogP contribution in [0, 0.1) is 0 Å². The summed E-state index contributed by atoms with van der Waals surface area (Å²) in [5.41, 5.74) is 2.04. The molecule has 0 radical (unpaired) electrons. The highest BCUT2D eigenvalue weighted by molar-refractivity contribution is 6.08. The van der Waals surface area contributed by atoms with Crippen LogP contribution in [0.1, 0.15) is 19.4 Å². The van der Waals surface area contributed by atoms with E-state index in [0.717, 1.165) is 38.8 Å². The Morgan fingerprint density at radius 1 is 1.00 bits per heavy atom. The highest BCUT2D eigenvalue weighted by atomic mass is 19.4. The number of fused-ring (bicyclic) bond motifs is 3. The van der Waals surface area contributed by atoms with E-state index in [1.165, 1.54) is 0 Å². The minimum Gasteiger partial charge on any atom is -0.469 e. The Bertz CT molecular complexity index is 1100. The molecule has 1 atom stereocenters. The molecule has 5 heteroatoms. The second kappa shape index (κ2) is 6.99. The van der Waals surface area contributed by atoms with Crippen molar-refractivity contribution in [1.82, 2.24) is 5.32 Å². The lowest BCUT2D eigenvalue weighted by molar-refractivity contribution is -0.133. The maximum atomic E-state index is 13.5. The SMILES string of the molecule is CC(C)=C(/C=C(\OC1CN1)C(F)(F)F)c1ccc2ccc3ccccc3c2c1. The van der Waals surface area contributed by atoms with Gasteiger partial charge in [0.15, 0.2) is 6.23 Å². The molecule has 0 aliphatic carbocycles. The summed E-state index contributed by atoms with van der Waals surface area (Å²) in [7, 11) is 0. The van der Waals surface area contributed by atoms with E-state index in [4.69, 9.17) is 4.74 Å². The van der Waals surface area contributed by atoms with Crippen molar-refractivity contribution < 1.29 is 17.9 Å². The highest BCUT2D eigenvalue weighted by Crippen LogP contribution is 2.34. The molecule has 1 aliphatic rings. The van der Waals surface area contributed by atoms with Crippen LogP contribution in [0.4, 0.5) is 13.2 Å². The van der Waals surface area contributed by atoms with Gasteiger partial charge in [-0.25, -0.2) is 0 Å². The van der Waals surface area contributed by atoms with Crippen LogP contribution in [-0.4, -0.2) is 18.9 Å². The van der Waals surface area contributed by atoms with Gasteiger partial charge in [0.05, 0.1) is 0 Å². The number of allylic oxidation sites excluding steroid dienone is 4. The molecule has 2 nitrogen and oxygen atoms in total. The summed E-state index contributed by atoms with van der Waals surface area (Å²) in [4.78, 5) is 0. The van der Waals surface area contributed by atoms with Gasteiger partial charge >= 0.3 is 6.18 Å². The first-order valence-electron chi connectivity index (χ1n) is 9.11. The molecule has 1 unspecified atom stereocenters. The van der Waals surface area contributed by atoms with E-state index in [0.29, 0.717) is 12.1 Å². The second-order valence-corrected chi connectivity index (χ2v) is 7.16. The third-order valence-corrected chi connectivity index (χ3v) is 4.79. The number of rotatable bonds is 4. The largest absolute Gasteiger partial charge is 0.469 e. The first-order valence-corrected chi connectivity index (χ1v) is 9.11. The standard InChI is InChI=1S/C23H20F3NO/c1-14(2)19(12-21(23(24,25)26)28-22-13-27-22)17-10-9-16-8-7-15-5-3-4-6-18(15)20(16)11-17/h3-12,22,27H,13H2,1-2H3/b21-12-. The highest BCUT2D eigenvalue weighted by Gasteiger charge is 2.39. The summed E-state index contributed by atoms with van der Waals surface area (Å²) in [6.07, 6.45) is -4.00. The van der Waals surface area contributed by atoms with Crippen LogP contribution in [0.15, 0.2) is 72.0 Å². The molecule has 1 saturated heterocycles. The summed E-state index contributed by atoms with van der Waals surface area (Å²) >= 11 is 0. The van der Waals surface area contributed by atoms with Gasteiger partial charge in [0, 0.05) is 6.54 Å². The summed E-state index contributed by atoms with van der Waals surface area (Å²) in [5, 5.41) is 6.98. The van der Waals surface area contributed by atoms with E-state index in [1.54, 1.807) is 0 Å². The van der Waals surface area contributed by atoms with E-state index in [2.05, 4.69) is 11.4 Å². The van der Waals surface area contributed by atoms with E-state index in [1.807, 2.05) is 62.4 Å². The first-order chi connectivity index (χ1) is 13.3. The van der Waals surface area contributed by atoms with E-state index >= 15 is 0 Å². The normalized spacial score (nSPS) is 17.0. The third kappa shape index (κ3) is 3.76. The topological polar surface area (TPSA) is 31.2 Å². The molecule has 0 saturated carbocycles. The van der Waals surface area contributed by atoms with Crippen molar-refractivity contribution in [2.24, 2.45) is 0 Å². The first kappa shape index (κ1) is 18.6. The van der Waals surface area contributed by atoms with Gasteiger partial charge in [-0.3, -0.25) is 5.32 Å². The minimum absolute atomic E-state index is 0.430. The Hall–Kier alpha value is -2.79.